The van der Waals surface area contributed by atoms with Gasteiger partial charge in [0.15, 0.2) is 5.96 Å². The van der Waals surface area contributed by atoms with Gasteiger partial charge in [-0.1, -0.05) is 31.5 Å². The predicted molar refractivity (Wildman–Crippen MR) is 106 cm³/mol. The third-order valence-electron chi connectivity index (χ3n) is 4.06. The molecule has 5 nitrogen and oxygen atoms in total. The molecule has 0 amide bonds. The van der Waals surface area contributed by atoms with Crippen molar-refractivity contribution in [2.45, 2.75) is 46.5 Å². The minimum Gasteiger partial charge on any atom is -0.357 e. The summed E-state index contributed by atoms with van der Waals surface area (Å²) < 4.78 is 1.96. The summed E-state index contributed by atoms with van der Waals surface area (Å²) in [7, 11) is 0. The average Bonchev–Trinajstić information content (AvgIpc) is 3.00. The first kappa shape index (κ1) is 19.0. The van der Waals surface area contributed by atoms with E-state index in [1.807, 2.05) is 22.9 Å². The molecule has 2 aromatic rings. The standard InChI is InChI=1S/C20H31N5/c1-4-6-14-22-20(21-5-2)23-15-10-11-18-16-25(24-17(18)3)19-12-8-7-9-13-19/h7-9,12-13,16H,4-6,10-11,14-15H2,1-3H3,(H2,21,22,23). The monoisotopic (exact) mass is 341 g/mol. The predicted octanol–water partition coefficient (Wildman–Crippen LogP) is 3.47. The van der Waals surface area contributed by atoms with Gasteiger partial charge in [-0.15, -0.1) is 0 Å². The van der Waals surface area contributed by atoms with Crippen molar-refractivity contribution in [2.24, 2.45) is 4.99 Å². The van der Waals surface area contributed by atoms with Gasteiger partial charge < -0.3 is 10.6 Å². The molecule has 0 radical (unpaired) electrons. The van der Waals surface area contributed by atoms with Gasteiger partial charge in [0.05, 0.1) is 11.4 Å². The summed E-state index contributed by atoms with van der Waals surface area (Å²) in [6, 6.07) is 10.2. The third-order valence-corrected chi connectivity index (χ3v) is 4.06. The van der Waals surface area contributed by atoms with Crippen LogP contribution < -0.4 is 10.6 Å². The number of rotatable bonds is 9. The smallest absolute Gasteiger partial charge is 0.191 e. The molecule has 0 aliphatic carbocycles. The van der Waals surface area contributed by atoms with E-state index >= 15 is 0 Å². The molecule has 0 atom stereocenters. The van der Waals surface area contributed by atoms with Gasteiger partial charge in [-0.05, 0) is 50.8 Å². The molecule has 5 heteroatoms. The Bertz CT molecular complexity index is 645. The second kappa shape index (κ2) is 10.5. The van der Waals surface area contributed by atoms with E-state index in [1.165, 1.54) is 18.4 Å². The number of nitrogens with one attached hydrogen (secondary N) is 2. The Labute approximate surface area is 151 Å². The van der Waals surface area contributed by atoms with E-state index in [1.54, 1.807) is 0 Å². The van der Waals surface area contributed by atoms with E-state index in [0.717, 1.165) is 49.8 Å². The summed E-state index contributed by atoms with van der Waals surface area (Å²) in [6.45, 7) is 9.06. The van der Waals surface area contributed by atoms with Crippen LogP contribution in [0.2, 0.25) is 0 Å². The molecule has 1 aromatic heterocycles. The van der Waals surface area contributed by atoms with Gasteiger partial charge in [-0.25, -0.2) is 4.68 Å². The van der Waals surface area contributed by atoms with E-state index in [-0.39, 0.29) is 0 Å². The minimum atomic E-state index is 0.817. The van der Waals surface area contributed by atoms with Gasteiger partial charge in [-0.3, -0.25) is 4.99 Å². The van der Waals surface area contributed by atoms with Crippen LogP contribution in [0.25, 0.3) is 5.69 Å². The first-order chi connectivity index (χ1) is 12.2. The minimum absolute atomic E-state index is 0.817. The zero-order chi connectivity index (χ0) is 17.9. The number of hydrogen-bond donors (Lipinski definition) is 2. The van der Waals surface area contributed by atoms with Crippen LogP contribution in [0.3, 0.4) is 0 Å². The Morgan fingerprint density at radius 2 is 1.92 bits per heavy atom. The van der Waals surface area contributed by atoms with Crippen molar-refractivity contribution < 1.29 is 0 Å². The van der Waals surface area contributed by atoms with E-state index in [2.05, 4.69) is 59.8 Å². The van der Waals surface area contributed by atoms with Crippen molar-refractivity contribution in [3.8, 4) is 5.69 Å². The first-order valence-corrected chi connectivity index (χ1v) is 9.37. The van der Waals surface area contributed by atoms with Crippen LogP contribution in [0.1, 0.15) is 44.4 Å². The third kappa shape index (κ3) is 6.25. The van der Waals surface area contributed by atoms with Crippen LogP contribution in [0, 0.1) is 6.92 Å². The molecule has 0 fully saturated rings. The van der Waals surface area contributed by atoms with E-state index in [4.69, 9.17) is 0 Å². The molecule has 0 bridgehead atoms. The highest BCUT2D eigenvalue weighted by Crippen LogP contribution is 2.13. The second-order valence-corrected chi connectivity index (χ2v) is 6.16. The average molecular weight is 342 g/mol. The molecule has 0 saturated carbocycles. The van der Waals surface area contributed by atoms with E-state index in [9.17, 15) is 0 Å². The van der Waals surface area contributed by atoms with Gasteiger partial charge in [0.1, 0.15) is 0 Å². The fraction of sp³-hybridized carbons (Fsp3) is 0.500. The maximum atomic E-state index is 4.66. The largest absolute Gasteiger partial charge is 0.357 e. The summed E-state index contributed by atoms with van der Waals surface area (Å²) in [4.78, 5) is 4.66. The van der Waals surface area contributed by atoms with E-state index in [0.29, 0.717) is 0 Å². The summed E-state index contributed by atoms with van der Waals surface area (Å²) in [5, 5.41) is 11.3. The fourth-order valence-electron chi connectivity index (χ4n) is 2.64. The summed E-state index contributed by atoms with van der Waals surface area (Å²) in [5.41, 5.74) is 3.49. The number of unbranched alkanes of at least 4 members (excludes halogenated alkanes) is 1. The Morgan fingerprint density at radius 3 is 2.64 bits per heavy atom. The van der Waals surface area contributed by atoms with Crippen LogP contribution in [0.15, 0.2) is 41.5 Å². The number of benzene rings is 1. The molecule has 0 aliphatic heterocycles. The topological polar surface area (TPSA) is 54.2 Å². The molecule has 2 N–H and O–H groups in total. The maximum Gasteiger partial charge on any atom is 0.191 e. The van der Waals surface area contributed by atoms with Gasteiger partial charge in [0, 0.05) is 25.8 Å². The second-order valence-electron chi connectivity index (χ2n) is 6.16. The molecule has 0 unspecified atom stereocenters. The van der Waals surface area contributed by atoms with Gasteiger partial charge in [0.25, 0.3) is 0 Å². The van der Waals surface area contributed by atoms with Crippen molar-refractivity contribution in [1.82, 2.24) is 20.4 Å². The Morgan fingerprint density at radius 1 is 1.12 bits per heavy atom. The highest BCUT2D eigenvalue weighted by Gasteiger charge is 2.06. The maximum absolute atomic E-state index is 4.66. The van der Waals surface area contributed by atoms with Crippen LogP contribution in [-0.4, -0.2) is 35.4 Å². The van der Waals surface area contributed by atoms with Gasteiger partial charge in [-0.2, -0.15) is 5.10 Å². The van der Waals surface area contributed by atoms with Crippen LogP contribution in [0.4, 0.5) is 0 Å². The van der Waals surface area contributed by atoms with Crippen molar-refractivity contribution in [1.29, 1.82) is 0 Å². The van der Waals surface area contributed by atoms with E-state index < -0.39 is 0 Å². The highest BCUT2D eigenvalue weighted by molar-refractivity contribution is 5.79. The molecule has 0 spiro atoms. The summed E-state index contributed by atoms with van der Waals surface area (Å²) in [6.07, 6.45) is 6.51. The van der Waals surface area contributed by atoms with Gasteiger partial charge >= 0.3 is 0 Å². The molecule has 1 aromatic carbocycles. The van der Waals surface area contributed by atoms with Crippen molar-refractivity contribution in [2.75, 3.05) is 19.6 Å². The Kier molecular flexibility index (Phi) is 8.02. The van der Waals surface area contributed by atoms with Crippen LogP contribution in [0.5, 0.6) is 0 Å². The normalized spacial score (nSPS) is 11.6. The number of para-hydroxylation sites is 1. The number of hydrogen-bond acceptors (Lipinski definition) is 2. The Hall–Kier alpha value is -2.30. The van der Waals surface area contributed by atoms with Gasteiger partial charge in [0.2, 0.25) is 0 Å². The van der Waals surface area contributed by atoms with Crippen molar-refractivity contribution in [3.63, 3.8) is 0 Å². The summed E-state index contributed by atoms with van der Waals surface area (Å²) in [5.74, 6) is 0.924. The lowest BCUT2D eigenvalue weighted by atomic mass is 10.1. The zero-order valence-electron chi connectivity index (χ0n) is 15.8. The lowest BCUT2D eigenvalue weighted by Gasteiger charge is -2.10. The molecule has 25 heavy (non-hydrogen) atoms. The molecule has 2 rings (SSSR count). The Balaban J connectivity index is 1.86. The molecule has 136 valence electrons. The lowest BCUT2D eigenvalue weighted by molar-refractivity contribution is 0.725. The molecular formula is C20H31N5. The van der Waals surface area contributed by atoms with Crippen molar-refractivity contribution >= 4 is 5.96 Å². The highest BCUT2D eigenvalue weighted by atomic mass is 15.3. The van der Waals surface area contributed by atoms with Crippen LogP contribution >= 0.6 is 0 Å². The number of guanidine groups is 1. The quantitative estimate of drug-likeness (QED) is 0.417. The molecule has 1 heterocycles. The lowest BCUT2D eigenvalue weighted by Crippen LogP contribution is -2.37. The number of aryl methyl sites for hydroxylation is 2. The van der Waals surface area contributed by atoms with Crippen LogP contribution in [-0.2, 0) is 6.42 Å². The zero-order valence-corrected chi connectivity index (χ0v) is 15.8. The van der Waals surface area contributed by atoms with Crippen molar-refractivity contribution in [3.05, 3.63) is 47.8 Å². The number of nitrogens with zero attached hydrogens (tertiary/aromatic N) is 3. The SMILES string of the molecule is CCCCNC(=NCCCc1cn(-c2ccccc2)nc1C)NCC. The number of aliphatic imine (C=N–C) groups is 1. The summed E-state index contributed by atoms with van der Waals surface area (Å²) >= 11 is 0. The molecule has 0 aliphatic rings. The number of aromatic nitrogens is 2. The molecule has 0 saturated heterocycles. The fourth-order valence-corrected chi connectivity index (χ4v) is 2.64. The molecular weight excluding hydrogens is 310 g/mol. The first-order valence-electron chi connectivity index (χ1n) is 9.37.